The minimum atomic E-state index is -3.63. The smallest absolute Gasteiger partial charge is 0.267 e. The molecule has 22 heavy (non-hydrogen) atoms. The van der Waals surface area contributed by atoms with Gasteiger partial charge in [-0.2, -0.15) is 9.50 Å². The molecule has 0 aliphatic carbocycles. The van der Waals surface area contributed by atoms with Gasteiger partial charge in [0.05, 0.1) is 11.3 Å². The second-order valence-corrected chi connectivity index (χ2v) is 8.12. The van der Waals surface area contributed by atoms with Crippen molar-refractivity contribution in [2.24, 2.45) is 0 Å². The van der Waals surface area contributed by atoms with Crippen LogP contribution in [-0.2, 0) is 15.6 Å². The standard InChI is InChI=1S/C13H10ClN3O3S2/c1-8-10(14)17-12(15-11(8)18)21-13(16-17)22(19,20)7-9-5-3-2-4-6-9/h2-6H,7H2,1H3. The first-order chi connectivity index (χ1) is 10.4. The highest BCUT2D eigenvalue weighted by atomic mass is 35.5. The van der Waals surface area contributed by atoms with Gasteiger partial charge < -0.3 is 0 Å². The lowest BCUT2D eigenvalue weighted by Crippen LogP contribution is -2.13. The first-order valence-electron chi connectivity index (χ1n) is 6.21. The maximum atomic E-state index is 12.4. The van der Waals surface area contributed by atoms with Gasteiger partial charge in [0, 0.05) is 0 Å². The quantitative estimate of drug-likeness (QED) is 0.672. The van der Waals surface area contributed by atoms with Crippen LogP contribution in [0.3, 0.4) is 0 Å². The van der Waals surface area contributed by atoms with Gasteiger partial charge in [-0.15, -0.1) is 5.10 Å². The van der Waals surface area contributed by atoms with Gasteiger partial charge in [-0.1, -0.05) is 53.3 Å². The highest BCUT2D eigenvalue weighted by Crippen LogP contribution is 2.24. The summed E-state index contributed by atoms with van der Waals surface area (Å²) in [6.07, 6.45) is 0. The van der Waals surface area contributed by atoms with Crippen LogP contribution in [0.4, 0.5) is 0 Å². The molecule has 3 rings (SSSR count). The molecule has 3 aromatic rings. The molecule has 0 bridgehead atoms. The fourth-order valence-corrected chi connectivity index (χ4v) is 4.61. The Hall–Kier alpha value is -1.77. The molecule has 0 aliphatic rings. The van der Waals surface area contributed by atoms with E-state index in [4.69, 9.17) is 11.6 Å². The Morgan fingerprint density at radius 1 is 1.27 bits per heavy atom. The Morgan fingerprint density at radius 3 is 2.64 bits per heavy atom. The fourth-order valence-electron chi connectivity index (χ4n) is 1.86. The van der Waals surface area contributed by atoms with Crippen molar-refractivity contribution < 1.29 is 8.42 Å². The normalized spacial score (nSPS) is 11.9. The molecule has 0 amide bonds. The Balaban J connectivity index is 2.10. The first kappa shape index (κ1) is 15.1. The van der Waals surface area contributed by atoms with Crippen LogP contribution in [0.5, 0.6) is 0 Å². The average Bonchev–Trinajstić information content (AvgIpc) is 2.90. The van der Waals surface area contributed by atoms with Crippen LogP contribution >= 0.6 is 22.9 Å². The van der Waals surface area contributed by atoms with E-state index in [9.17, 15) is 13.2 Å². The third-order valence-electron chi connectivity index (χ3n) is 3.02. The number of sulfone groups is 1. The monoisotopic (exact) mass is 355 g/mol. The van der Waals surface area contributed by atoms with E-state index in [0.717, 1.165) is 11.3 Å². The molecule has 0 spiro atoms. The molecule has 114 valence electrons. The van der Waals surface area contributed by atoms with Gasteiger partial charge in [0.25, 0.3) is 5.56 Å². The lowest BCUT2D eigenvalue weighted by Gasteiger charge is -2.00. The van der Waals surface area contributed by atoms with Gasteiger partial charge in [0.15, 0.2) is 0 Å². The van der Waals surface area contributed by atoms with Crippen LogP contribution < -0.4 is 5.56 Å². The van der Waals surface area contributed by atoms with Gasteiger partial charge in [-0.25, -0.2) is 8.42 Å². The molecule has 0 N–H and O–H groups in total. The maximum absolute atomic E-state index is 12.4. The molecule has 2 aromatic heterocycles. The SMILES string of the molecule is Cc1c(Cl)n2nc(S(=O)(=O)Cc3ccccc3)sc2nc1=O. The van der Waals surface area contributed by atoms with Crippen LogP contribution in [0.1, 0.15) is 11.1 Å². The summed E-state index contributed by atoms with van der Waals surface area (Å²) in [5.74, 6) is -0.172. The van der Waals surface area contributed by atoms with Gasteiger partial charge in [-0.3, -0.25) is 4.79 Å². The van der Waals surface area contributed by atoms with E-state index < -0.39 is 15.4 Å². The van der Waals surface area contributed by atoms with Gasteiger partial charge >= 0.3 is 0 Å². The number of halogens is 1. The number of benzene rings is 1. The first-order valence-corrected chi connectivity index (χ1v) is 9.06. The second-order valence-electron chi connectivity index (χ2n) is 4.64. The molecule has 0 unspecified atom stereocenters. The number of fused-ring (bicyclic) bond motifs is 1. The van der Waals surface area contributed by atoms with E-state index in [-0.39, 0.29) is 25.8 Å². The third kappa shape index (κ3) is 2.65. The molecule has 0 atom stereocenters. The van der Waals surface area contributed by atoms with Crippen molar-refractivity contribution in [2.75, 3.05) is 0 Å². The molecule has 0 saturated carbocycles. The Labute approximate surface area is 134 Å². The van der Waals surface area contributed by atoms with Crippen molar-refractivity contribution in [2.45, 2.75) is 17.0 Å². The van der Waals surface area contributed by atoms with E-state index in [1.807, 2.05) is 6.07 Å². The summed E-state index contributed by atoms with van der Waals surface area (Å²) in [6.45, 7) is 1.52. The van der Waals surface area contributed by atoms with Crippen LogP contribution in [0.2, 0.25) is 5.15 Å². The molecular weight excluding hydrogens is 346 g/mol. The molecule has 0 aliphatic heterocycles. The zero-order valence-corrected chi connectivity index (χ0v) is 13.7. The Kier molecular flexibility index (Phi) is 3.75. The van der Waals surface area contributed by atoms with Crippen molar-refractivity contribution in [3.8, 4) is 0 Å². The number of hydrogen-bond donors (Lipinski definition) is 0. The summed E-state index contributed by atoms with van der Waals surface area (Å²) in [6, 6.07) is 8.80. The van der Waals surface area contributed by atoms with Crippen molar-refractivity contribution in [3.05, 3.63) is 57.0 Å². The van der Waals surface area contributed by atoms with Gasteiger partial charge in [0.1, 0.15) is 5.15 Å². The minimum Gasteiger partial charge on any atom is -0.267 e. The number of aromatic nitrogens is 3. The predicted octanol–water partition coefficient (Wildman–Crippen LogP) is 2.09. The fraction of sp³-hybridized carbons (Fsp3) is 0.154. The van der Waals surface area contributed by atoms with E-state index in [2.05, 4.69) is 10.1 Å². The van der Waals surface area contributed by atoms with Crippen LogP contribution in [0.25, 0.3) is 4.96 Å². The minimum absolute atomic E-state index is 0.0763. The molecule has 0 saturated heterocycles. The number of rotatable bonds is 3. The summed E-state index contributed by atoms with van der Waals surface area (Å²) < 4.78 is 25.9. The molecule has 1 aromatic carbocycles. The van der Waals surface area contributed by atoms with Crippen molar-refractivity contribution in [1.82, 2.24) is 14.6 Å². The third-order valence-corrected chi connectivity index (χ3v) is 6.51. The highest BCUT2D eigenvalue weighted by molar-refractivity contribution is 7.92. The number of hydrogen-bond acceptors (Lipinski definition) is 6. The molecule has 2 heterocycles. The van der Waals surface area contributed by atoms with E-state index in [1.54, 1.807) is 24.3 Å². The van der Waals surface area contributed by atoms with Crippen LogP contribution in [0, 0.1) is 6.92 Å². The predicted molar refractivity (Wildman–Crippen MR) is 84.2 cm³/mol. The van der Waals surface area contributed by atoms with Crippen LogP contribution in [0.15, 0.2) is 39.5 Å². The summed E-state index contributed by atoms with van der Waals surface area (Å²) in [7, 11) is -3.63. The second kappa shape index (κ2) is 5.45. The molecule has 0 radical (unpaired) electrons. The molecular formula is C13H10ClN3O3S2. The van der Waals surface area contributed by atoms with Gasteiger partial charge in [0.2, 0.25) is 19.1 Å². The molecule has 6 nitrogen and oxygen atoms in total. The van der Waals surface area contributed by atoms with Crippen LogP contribution in [-0.4, -0.2) is 23.0 Å². The summed E-state index contributed by atoms with van der Waals surface area (Å²) >= 11 is 6.86. The van der Waals surface area contributed by atoms with Crippen molar-refractivity contribution >= 4 is 37.7 Å². The molecule has 9 heteroatoms. The van der Waals surface area contributed by atoms with E-state index in [0.29, 0.717) is 5.56 Å². The zero-order chi connectivity index (χ0) is 15.9. The summed E-state index contributed by atoms with van der Waals surface area (Å²) in [4.78, 5) is 15.6. The van der Waals surface area contributed by atoms with Crippen molar-refractivity contribution in [3.63, 3.8) is 0 Å². The van der Waals surface area contributed by atoms with E-state index >= 15 is 0 Å². The average molecular weight is 356 g/mol. The lowest BCUT2D eigenvalue weighted by atomic mass is 10.2. The number of nitrogens with zero attached hydrogens (tertiary/aromatic N) is 3. The summed E-state index contributed by atoms with van der Waals surface area (Å²) in [5, 5.41) is 4.07. The summed E-state index contributed by atoms with van der Waals surface area (Å²) in [5.41, 5.74) is 0.406. The molecule has 0 fully saturated rings. The Morgan fingerprint density at radius 2 is 1.95 bits per heavy atom. The maximum Gasteiger partial charge on any atom is 0.278 e. The van der Waals surface area contributed by atoms with Gasteiger partial charge in [-0.05, 0) is 12.5 Å². The topological polar surface area (TPSA) is 81.4 Å². The lowest BCUT2D eigenvalue weighted by molar-refractivity contribution is 0.592. The van der Waals surface area contributed by atoms with Crippen molar-refractivity contribution in [1.29, 1.82) is 0 Å². The largest absolute Gasteiger partial charge is 0.278 e. The van der Waals surface area contributed by atoms with E-state index in [1.165, 1.54) is 11.4 Å². The Bertz CT molecular complexity index is 1010. The highest BCUT2D eigenvalue weighted by Gasteiger charge is 2.22. The zero-order valence-electron chi connectivity index (χ0n) is 11.4.